The lowest BCUT2D eigenvalue weighted by atomic mass is 9.84. The number of hydrogen-bond donors (Lipinski definition) is 5. The monoisotopic (exact) mass is 536 g/mol. The van der Waals surface area contributed by atoms with E-state index in [1.165, 1.54) is 6.42 Å². The van der Waals surface area contributed by atoms with Crippen molar-refractivity contribution in [2.24, 2.45) is 23.3 Å². The van der Waals surface area contributed by atoms with Crippen LogP contribution in [0, 0.1) is 11.8 Å². The van der Waals surface area contributed by atoms with E-state index in [2.05, 4.69) is 16.0 Å². The van der Waals surface area contributed by atoms with Crippen molar-refractivity contribution in [3.8, 4) is 0 Å². The number of carbonyl (C=O) groups is 5. The zero-order valence-corrected chi connectivity index (χ0v) is 23.3. The molecule has 38 heavy (non-hydrogen) atoms. The van der Waals surface area contributed by atoms with Gasteiger partial charge in [0, 0.05) is 5.54 Å². The van der Waals surface area contributed by atoms with E-state index in [9.17, 15) is 24.0 Å². The quantitative estimate of drug-likeness (QED) is 0.182. The molecule has 1 saturated heterocycles. The number of ketones is 1. The predicted molar refractivity (Wildman–Crippen MR) is 145 cm³/mol. The van der Waals surface area contributed by atoms with E-state index in [0.29, 0.717) is 25.3 Å². The van der Waals surface area contributed by atoms with Crippen LogP contribution in [0.25, 0.3) is 0 Å². The second-order valence-electron chi connectivity index (χ2n) is 11.7. The highest BCUT2D eigenvalue weighted by Gasteiger charge is 2.35. The topological polar surface area (TPSA) is 177 Å². The lowest BCUT2D eigenvalue weighted by Crippen LogP contribution is -2.53. The Morgan fingerprint density at radius 1 is 1.00 bits per heavy atom. The van der Waals surface area contributed by atoms with Gasteiger partial charge >= 0.3 is 6.03 Å². The number of likely N-dealkylation sites (tertiary alicyclic amines) is 1. The highest BCUT2D eigenvalue weighted by molar-refractivity contribution is 6.37. The smallest absolute Gasteiger partial charge is 0.315 e. The number of amides is 4. The van der Waals surface area contributed by atoms with Gasteiger partial charge in [0.15, 0.2) is 0 Å². The molecular formula is C27H48N6O5. The zero-order valence-electron chi connectivity index (χ0n) is 23.3. The minimum Gasteiger partial charge on any atom is -0.363 e. The Morgan fingerprint density at radius 3 is 2.16 bits per heavy atom. The summed E-state index contributed by atoms with van der Waals surface area (Å²) < 4.78 is 0. The molecular weight excluding hydrogens is 488 g/mol. The summed E-state index contributed by atoms with van der Waals surface area (Å²) in [4.78, 5) is 60.0. The fraction of sp³-hybridized carbons (Fsp3) is 0.815. The normalized spacial score (nSPS) is 21.8. The first-order valence-corrected chi connectivity index (χ1v) is 14.1. The number of hydrogen-bond acceptors (Lipinski definition) is 7. The molecule has 11 heteroatoms. The first-order chi connectivity index (χ1) is 18.0. The fourth-order valence-electron chi connectivity index (χ4n) is 5.27. The third-order valence-electron chi connectivity index (χ3n) is 7.79. The summed E-state index contributed by atoms with van der Waals surface area (Å²) in [6, 6.07) is -1.58. The van der Waals surface area contributed by atoms with Crippen molar-refractivity contribution in [1.82, 2.24) is 20.9 Å². The van der Waals surface area contributed by atoms with E-state index < -0.39 is 17.7 Å². The molecule has 4 amide bonds. The molecule has 0 radical (unpaired) electrons. The van der Waals surface area contributed by atoms with E-state index in [1.807, 2.05) is 25.8 Å². The molecule has 3 aliphatic rings. The van der Waals surface area contributed by atoms with Gasteiger partial charge in [0.05, 0.1) is 18.1 Å². The number of rotatable bonds is 12. The average Bonchev–Trinajstić information content (AvgIpc) is 3.58. The molecule has 2 aliphatic carbocycles. The second kappa shape index (κ2) is 15.2. The fourth-order valence-corrected chi connectivity index (χ4v) is 5.27. The molecule has 7 N–H and O–H groups in total. The van der Waals surface area contributed by atoms with Gasteiger partial charge in [-0.25, -0.2) is 4.79 Å². The first kappa shape index (κ1) is 31.7. The predicted octanol–water partition coefficient (Wildman–Crippen LogP) is 0.981. The number of nitrogens with zero attached hydrogens (tertiary/aromatic N) is 1. The highest BCUT2D eigenvalue weighted by Crippen LogP contribution is 2.33. The number of nitrogens with one attached hydrogen (secondary N) is 3. The van der Waals surface area contributed by atoms with Crippen molar-refractivity contribution in [3.63, 3.8) is 0 Å². The number of Topliss-reactive ketones (excluding diaryl/α,β-unsaturated/α-hetero) is 1. The van der Waals surface area contributed by atoms with Crippen LogP contribution in [0.15, 0.2) is 0 Å². The van der Waals surface area contributed by atoms with Crippen LogP contribution < -0.4 is 27.4 Å². The van der Waals surface area contributed by atoms with Gasteiger partial charge in [-0.3, -0.25) is 19.3 Å². The lowest BCUT2D eigenvalue weighted by Gasteiger charge is -2.30. The molecule has 2 saturated carbocycles. The van der Waals surface area contributed by atoms with Gasteiger partial charge in [-0.05, 0) is 84.3 Å². The maximum atomic E-state index is 12.1. The summed E-state index contributed by atoms with van der Waals surface area (Å²) in [5, 5.41) is 8.37. The average molecular weight is 537 g/mol. The first-order valence-electron chi connectivity index (χ1n) is 14.1. The van der Waals surface area contributed by atoms with E-state index in [1.54, 1.807) is 0 Å². The molecule has 0 aromatic carbocycles. The Balaban J connectivity index is 0.000000267. The van der Waals surface area contributed by atoms with E-state index in [-0.39, 0.29) is 35.5 Å². The Bertz CT molecular complexity index is 825. The summed E-state index contributed by atoms with van der Waals surface area (Å²) in [5.74, 6) is -1.09. The highest BCUT2D eigenvalue weighted by atomic mass is 16.2. The minimum absolute atomic E-state index is 0.166. The maximum absolute atomic E-state index is 12.1. The largest absolute Gasteiger partial charge is 0.363 e. The lowest BCUT2D eigenvalue weighted by molar-refractivity contribution is -0.139. The van der Waals surface area contributed by atoms with Gasteiger partial charge in [-0.2, -0.15) is 0 Å². The summed E-state index contributed by atoms with van der Waals surface area (Å²) in [6.07, 6.45) is 11.6. The third-order valence-corrected chi connectivity index (χ3v) is 7.79. The summed E-state index contributed by atoms with van der Waals surface area (Å²) in [5.41, 5.74) is 10.2. The summed E-state index contributed by atoms with van der Waals surface area (Å²) in [7, 11) is 1.89. The van der Waals surface area contributed by atoms with Crippen molar-refractivity contribution < 1.29 is 24.0 Å². The van der Waals surface area contributed by atoms with Crippen LogP contribution >= 0.6 is 0 Å². The van der Waals surface area contributed by atoms with Crippen LogP contribution in [0.4, 0.5) is 4.79 Å². The minimum atomic E-state index is -0.967. The van der Waals surface area contributed by atoms with Gasteiger partial charge in [0.25, 0.3) is 5.91 Å². The van der Waals surface area contributed by atoms with Crippen LogP contribution in [0.2, 0.25) is 0 Å². The molecule has 0 spiro atoms. The molecule has 3 atom stereocenters. The van der Waals surface area contributed by atoms with E-state index in [0.717, 1.165) is 64.2 Å². The number of primary amides is 1. The summed E-state index contributed by atoms with van der Waals surface area (Å²) in [6.45, 7) is 5.26. The number of aldehydes is 1. The third kappa shape index (κ3) is 10.7. The Hall–Kier alpha value is -2.53. The Morgan fingerprint density at radius 2 is 1.66 bits per heavy atom. The molecule has 3 unspecified atom stereocenters. The second-order valence-corrected chi connectivity index (χ2v) is 11.7. The molecule has 216 valence electrons. The standard InChI is InChI=1S/C14H27N3O2.C13H21N3O3/c1-14(2,8-9-15)17-13(19)16-12(10-18)11-6-4-3-5-7-11;1-16-6-2-3-10(16)13(19)15-9(7-8-4-5-8)11(17)12(14)18/h10-12H,3-9,15H2,1-2H3,(H2,16,17,19);8-10H,2-7H2,1H3,(H2,14,18)(H,15,19). The van der Waals surface area contributed by atoms with Gasteiger partial charge in [0.2, 0.25) is 11.7 Å². The zero-order chi connectivity index (χ0) is 28.3. The van der Waals surface area contributed by atoms with Gasteiger partial charge in [-0.15, -0.1) is 0 Å². The van der Waals surface area contributed by atoms with Gasteiger partial charge < -0.3 is 32.2 Å². The van der Waals surface area contributed by atoms with Crippen molar-refractivity contribution in [2.75, 3.05) is 20.1 Å². The van der Waals surface area contributed by atoms with Crippen LogP contribution in [-0.4, -0.2) is 78.6 Å². The van der Waals surface area contributed by atoms with E-state index >= 15 is 0 Å². The molecule has 1 aliphatic heterocycles. The van der Waals surface area contributed by atoms with Crippen molar-refractivity contribution >= 4 is 29.9 Å². The van der Waals surface area contributed by atoms with Gasteiger partial charge in [0.1, 0.15) is 6.29 Å². The number of carbonyl (C=O) groups excluding carboxylic acids is 5. The molecule has 11 nitrogen and oxygen atoms in total. The molecule has 0 bridgehead atoms. The van der Waals surface area contributed by atoms with Crippen LogP contribution in [-0.2, 0) is 19.2 Å². The molecule has 1 heterocycles. The van der Waals surface area contributed by atoms with E-state index in [4.69, 9.17) is 11.5 Å². The molecule has 3 fully saturated rings. The number of nitrogens with two attached hydrogens (primary N) is 2. The summed E-state index contributed by atoms with van der Waals surface area (Å²) >= 11 is 0. The van der Waals surface area contributed by atoms with Crippen molar-refractivity contribution in [2.45, 2.75) is 108 Å². The van der Waals surface area contributed by atoms with Crippen LogP contribution in [0.1, 0.15) is 84.5 Å². The molecule has 0 aromatic heterocycles. The van der Waals surface area contributed by atoms with Crippen molar-refractivity contribution in [3.05, 3.63) is 0 Å². The SMILES string of the molecule is CC(C)(CCN)NC(=O)NC(C=O)C1CCCCC1.CN1CCCC1C(=O)NC(CC1CC1)C(=O)C(N)=O. The van der Waals surface area contributed by atoms with Crippen LogP contribution in [0.3, 0.4) is 0 Å². The maximum Gasteiger partial charge on any atom is 0.315 e. The Labute approximate surface area is 226 Å². The van der Waals surface area contributed by atoms with Gasteiger partial charge in [-0.1, -0.05) is 32.1 Å². The Kier molecular flexibility index (Phi) is 12.6. The van der Waals surface area contributed by atoms with Crippen LogP contribution in [0.5, 0.6) is 0 Å². The number of likely N-dealkylation sites (N-methyl/N-ethyl adjacent to an activating group) is 1. The molecule has 0 aromatic rings. The molecule has 3 rings (SSSR count). The van der Waals surface area contributed by atoms with Crippen molar-refractivity contribution in [1.29, 1.82) is 0 Å². The number of urea groups is 1.